The molecule has 4 aromatic rings. The molecule has 0 saturated carbocycles. The van der Waals surface area contributed by atoms with Gasteiger partial charge >= 0.3 is 0 Å². The summed E-state index contributed by atoms with van der Waals surface area (Å²) in [6.07, 6.45) is 3.61. The van der Waals surface area contributed by atoms with Crippen molar-refractivity contribution in [3.8, 4) is 11.4 Å². The maximum absolute atomic E-state index is 13.7. The fourth-order valence-electron chi connectivity index (χ4n) is 4.99. The number of carbonyl (C=O) groups excluding carboxylic acids is 1. The highest BCUT2D eigenvalue weighted by atomic mass is 35.5. The number of rotatable bonds is 9. The zero-order chi connectivity index (χ0) is 28.2. The Morgan fingerprint density at radius 2 is 1.85 bits per heavy atom. The summed E-state index contributed by atoms with van der Waals surface area (Å²) in [5.74, 6) is 0.141. The highest BCUT2D eigenvalue weighted by Crippen LogP contribution is 2.27. The minimum absolute atomic E-state index is 0.0876. The van der Waals surface area contributed by atoms with Gasteiger partial charge < -0.3 is 25.4 Å². The maximum Gasteiger partial charge on any atom is 0.282 e. The summed E-state index contributed by atoms with van der Waals surface area (Å²) in [6, 6.07) is 16.2. The molecule has 3 N–H and O–H groups in total. The van der Waals surface area contributed by atoms with Gasteiger partial charge in [-0.25, -0.2) is 0 Å². The number of likely N-dealkylation sites (tertiary alicyclic amines) is 1. The number of carbonyl (C=O) groups is 1. The van der Waals surface area contributed by atoms with Crippen LogP contribution in [0.5, 0.6) is 0 Å². The van der Waals surface area contributed by atoms with Gasteiger partial charge in [-0.1, -0.05) is 30.2 Å². The standard InChI is InChI=1S/C29H34ClN7O2S/c1-34(2)25-12-11-24(36(29(25)39)17-16-35-14-6-3-7-15-35)23-18-27(32-19-20-10-13-26(30)40-20)37(33-23)28(38)21-8-4-5-9-22(21)31/h4-5,8-13,18,32H,3,6-7,14-17,19,31H2,1-2H3. The first-order chi connectivity index (χ1) is 19.3. The van der Waals surface area contributed by atoms with E-state index in [4.69, 9.17) is 22.4 Å². The summed E-state index contributed by atoms with van der Waals surface area (Å²) in [5, 5.41) is 8.06. The molecule has 40 heavy (non-hydrogen) atoms. The van der Waals surface area contributed by atoms with E-state index in [1.807, 2.05) is 49.3 Å². The van der Waals surface area contributed by atoms with Gasteiger partial charge in [-0.2, -0.15) is 9.78 Å². The number of nitrogen functional groups attached to an aromatic ring is 1. The van der Waals surface area contributed by atoms with Crippen molar-refractivity contribution in [3.63, 3.8) is 0 Å². The number of hydrogen-bond acceptors (Lipinski definition) is 8. The molecule has 0 bridgehead atoms. The molecule has 0 unspecified atom stereocenters. The number of nitrogens with one attached hydrogen (secondary N) is 1. The SMILES string of the molecule is CN(C)c1ccc(-c2cc(NCc3ccc(Cl)s3)n(C(=O)c3ccccc3N)n2)n(CCN2CCCCC2)c1=O. The lowest BCUT2D eigenvalue weighted by atomic mass is 10.1. The van der Waals surface area contributed by atoms with Gasteiger partial charge in [0.05, 0.1) is 22.1 Å². The average Bonchev–Trinajstić information content (AvgIpc) is 3.57. The summed E-state index contributed by atoms with van der Waals surface area (Å²) < 4.78 is 3.80. The van der Waals surface area contributed by atoms with Crippen molar-refractivity contribution in [2.24, 2.45) is 0 Å². The van der Waals surface area contributed by atoms with Crippen molar-refractivity contribution >= 4 is 46.0 Å². The van der Waals surface area contributed by atoms with Gasteiger partial charge in [-0.05, 0) is 62.3 Å². The number of thiophene rings is 1. The van der Waals surface area contributed by atoms with E-state index in [-0.39, 0.29) is 11.5 Å². The molecule has 4 heterocycles. The van der Waals surface area contributed by atoms with Crippen LogP contribution in [0.4, 0.5) is 17.2 Å². The number of halogens is 1. The van der Waals surface area contributed by atoms with Gasteiger partial charge in [0.1, 0.15) is 17.2 Å². The lowest BCUT2D eigenvalue weighted by Crippen LogP contribution is -2.36. The van der Waals surface area contributed by atoms with Crippen molar-refractivity contribution in [1.82, 2.24) is 19.2 Å². The second kappa shape index (κ2) is 12.3. The van der Waals surface area contributed by atoms with E-state index in [1.54, 1.807) is 28.8 Å². The zero-order valence-corrected chi connectivity index (χ0v) is 24.3. The number of para-hydroxylation sites is 1. The fraction of sp³-hybridized carbons (Fsp3) is 0.345. The van der Waals surface area contributed by atoms with Crippen LogP contribution in [0.25, 0.3) is 11.4 Å². The van der Waals surface area contributed by atoms with Crippen molar-refractivity contribution in [3.05, 3.63) is 79.7 Å². The molecule has 1 saturated heterocycles. The molecule has 1 aliphatic heterocycles. The van der Waals surface area contributed by atoms with Crippen LogP contribution in [0.15, 0.2) is 59.4 Å². The lowest BCUT2D eigenvalue weighted by Gasteiger charge is -2.27. The number of aromatic nitrogens is 3. The summed E-state index contributed by atoms with van der Waals surface area (Å²) in [5.41, 5.74) is 8.56. The number of pyridine rings is 1. The van der Waals surface area contributed by atoms with Crippen LogP contribution >= 0.6 is 22.9 Å². The van der Waals surface area contributed by atoms with Crippen molar-refractivity contribution in [2.75, 3.05) is 49.7 Å². The summed E-state index contributed by atoms with van der Waals surface area (Å²) in [4.78, 5) is 32.5. The van der Waals surface area contributed by atoms with Crippen LogP contribution in [0.2, 0.25) is 4.34 Å². The predicted octanol–water partition coefficient (Wildman–Crippen LogP) is 4.86. The average molecular weight is 580 g/mol. The first kappa shape index (κ1) is 27.9. The zero-order valence-electron chi connectivity index (χ0n) is 22.8. The van der Waals surface area contributed by atoms with E-state index < -0.39 is 0 Å². The number of nitrogens with zero attached hydrogens (tertiary/aromatic N) is 5. The van der Waals surface area contributed by atoms with E-state index >= 15 is 0 Å². The second-order valence-electron chi connectivity index (χ2n) is 10.1. The second-order valence-corrected chi connectivity index (χ2v) is 11.9. The number of piperidine rings is 1. The molecule has 0 radical (unpaired) electrons. The molecule has 210 valence electrons. The Kier molecular flexibility index (Phi) is 8.58. The van der Waals surface area contributed by atoms with Gasteiger partial charge in [-0.3, -0.25) is 9.59 Å². The van der Waals surface area contributed by atoms with Gasteiger partial charge in [0.25, 0.3) is 11.5 Å². The Bertz CT molecular complexity index is 1550. The van der Waals surface area contributed by atoms with Crippen LogP contribution in [-0.2, 0) is 13.1 Å². The third kappa shape index (κ3) is 6.09. The Balaban J connectivity index is 1.55. The van der Waals surface area contributed by atoms with Crippen molar-refractivity contribution in [2.45, 2.75) is 32.4 Å². The third-order valence-electron chi connectivity index (χ3n) is 7.15. The van der Waals surface area contributed by atoms with Gasteiger partial charge in [-0.15, -0.1) is 11.3 Å². The summed E-state index contributed by atoms with van der Waals surface area (Å²) in [6.45, 7) is 3.84. The highest BCUT2D eigenvalue weighted by molar-refractivity contribution is 7.16. The molecule has 11 heteroatoms. The topological polar surface area (TPSA) is 101 Å². The molecule has 3 aromatic heterocycles. The molecule has 1 fully saturated rings. The van der Waals surface area contributed by atoms with Gasteiger partial charge in [0.15, 0.2) is 0 Å². The molecule has 0 aliphatic carbocycles. The van der Waals surface area contributed by atoms with Crippen LogP contribution in [0.3, 0.4) is 0 Å². The quantitative estimate of drug-likeness (QED) is 0.273. The number of nitrogens with two attached hydrogens (primary N) is 1. The van der Waals surface area contributed by atoms with Crippen LogP contribution in [-0.4, -0.2) is 58.9 Å². The number of hydrogen-bond donors (Lipinski definition) is 2. The fourth-order valence-corrected chi connectivity index (χ4v) is 6.02. The van der Waals surface area contributed by atoms with E-state index in [9.17, 15) is 9.59 Å². The molecular formula is C29H34ClN7O2S. The van der Waals surface area contributed by atoms with Gasteiger partial charge in [0.2, 0.25) is 0 Å². The predicted molar refractivity (Wildman–Crippen MR) is 164 cm³/mol. The van der Waals surface area contributed by atoms with E-state index in [2.05, 4.69) is 10.2 Å². The third-order valence-corrected chi connectivity index (χ3v) is 8.38. The Hall–Kier alpha value is -3.60. The van der Waals surface area contributed by atoms with Gasteiger partial charge in [0, 0.05) is 43.8 Å². The van der Waals surface area contributed by atoms with Crippen LogP contribution in [0.1, 0.15) is 34.5 Å². The highest BCUT2D eigenvalue weighted by Gasteiger charge is 2.22. The largest absolute Gasteiger partial charge is 0.398 e. The molecular weight excluding hydrogens is 546 g/mol. The lowest BCUT2D eigenvalue weighted by molar-refractivity contribution is 0.0948. The van der Waals surface area contributed by atoms with Crippen molar-refractivity contribution < 1.29 is 4.79 Å². The van der Waals surface area contributed by atoms with Crippen molar-refractivity contribution in [1.29, 1.82) is 0 Å². The molecule has 1 aliphatic rings. The minimum atomic E-state index is -0.358. The Morgan fingerprint density at radius 1 is 1.07 bits per heavy atom. The molecule has 0 atom stereocenters. The first-order valence-electron chi connectivity index (χ1n) is 13.4. The molecule has 1 aromatic carbocycles. The number of benzene rings is 1. The molecule has 0 amide bonds. The summed E-state index contributed by atoms with van der Waals surface area (Å²) >= 11 is 7.59. The Morgan fingerprint density at radius 3 is 2.55 bits per heavy atom. The monoisotopic (exact) mass is 579 g/mol. The molecule has 0 spiro atoms. The summed E-state index contributed by atoms with van der Waals surface area (Å²) in [7, 11) is 3.73. The van der Waals surface area contributed by atoms with Crippen LogP contribution in [0, 0.1) is 0 Å². The number of anilines is 3. The normalized spacial score (nSPS) is 13.9. The molecule has 9 nitrogen and oxygen atoms in total. The minimum Gasteiger partial charge on any atom is -0.398 e. The maximum atomic E-state index is 13.7. The first-order valence-corrected chi connectivity index (χ1v) is 14.6. The smallest absolute Gasteiger partial charge is 0.282 e. The van der Waals surface area contributed by atoms with E-state index in [0.717, 1.165) is 24.5 Å². The van der Waals surface area contributed by atoms with E-state index in [0.29, 0.717) is 51.6 Å². The van der Waals surface area contributed by atoms with E-state index in [1.165, 1.54) is 35.3 Å². The molecule has 5 rings (SSSR count). The van der Waals surface area contributed by atoms with Crippen LogP contribution < -0.4 is 21.5 Å². The Labute approximate surface area is 242 Å².